The molecule has 0 bridgehead atoms. The average molecular weight is 500 g/mol. The van der Waals surface area contributed by atoms with Crippen LogP contribution >= 0.6 is 0 Å². The number of unbranched alkanes of at least 4 members (excludes halogenated alkanes) is 16. The molecule has 1 aromatic carbocycles. The normalized spacial score (nSPS) is 12.3. The number of nitrogens with one attached hydrogen (secondary N) is 3. The Balaban J connectivity index is 1.75. The van der Waals surface area contributed by atoms with Gasteiger partial charge in [-0.05, 0) is 31.0 Å². The number of amides is 1. The number of hydrogen-bond acceptors (Lipinski definition) is 2. The highest BCUT2D eigenvalue weighted by Gasteiger charge is 2.18. The van der Waals surface area contributed by atoms with Gasteiger partial charge in [0.1, 0.15) is 0 Å². The van der Waals surface area contributed by atoms with E-state index in [4.69, 9.17) is 0 Å². The first kappa shape index (κ1) is 30.2. The van der Waals surface area contributed by atoms with E-state index < -0.39 is 0 Å². The molecule has 0 saturated heterocycles. The maximum atomic E-state index is 13.2. The molecular formula is C31H53N3O2. The van der Waals surface area contributed by atoms with Gasteiger partial charge in [-0.2, -0.15) is 0 Å². The molecule has 1 unspecified atom stereocenters. The van der Waals surface area contributed by atoms with Crippen LogP contribution in [0.1, 0.15) is 142 Å². The second-order valence-corrected chi connectivity index (χ2v) is 10.8. The van der Waals surface area contributed by atoms with Crippen molar-refractivity contribution in [3.05, 3.63) is 28.7 Å². The molecule has 36 heavy (non-hydrogen) atoms. The lowest BCUT2D eigenvalue weighted by molar-refractivity contribution is -0.120. The van der Waals surface area contributed by atoms with Gasteiger partial charge >= 0.3 is 5.69 Å². The predicted octanol–water partition coefficient (Wildman–Crippen LogP) is 9.25. The molecule has 1 aromatic heterocycles. The minimum Gasteiger partial charge on any atom is -0.326 e. The van der Waals surface area contributed by atoms with Crippen molar-refractivity contribution in [2.24, 2.45) is 5.92 Å². The highest BCUT2D eigenvalue weighted by atomic mass is 16.2. The van der Waals surface area contributed by atoms with Crippen molar-refractivity contribution < 1.29 is 4.79 Å². The standard InChI is InChI=1S/C31H53N3O2/c1-3-5-7-9-11-13-14-16-18-20-22-26(21-19-17-15-12-10-8-6-4-2)30(35)32-27-23-24-28-29(25-27)34-31(36)33-28/h23-26H,3-22H2,1-2H3,(H,32,35)(H2,33,34,36). The summed E-state index contributed by atoms with van der Waals surface area (Å²) >= 11 is 0. The molecule has 0 aliphatic heterocycles. The van der Waals surface area contributed by atoms with Crippen LogP contribution < -0.4 is 11.0 Å². The molecule has 0 fully saturated rings. The summed E-state index contributed by atoms with van der Waals surface area (Å²) in [4.78, 5) is 30.3. The third-order valence-corrected chi connectivity index (χ3v) is 7.47. The minimum atomic E-state index is -0.220. The van der Waals surface area contributed by atoms with Crippen LogP contribution in [0, 0.1) is 5.92 Å². The Bertz CT molecular complexity index is 885. The smallest absolute Gasteiger partial charge is 0.323 e. The van der Waals surface area contributed by atoms with Crippen LogP contribution in [-0.2, 0) is 4.79 Å². The topological polar surface area (TPSA) is 77.8 Å². The summed E-state index contributed by atoms with van der Waals surface area (Å²) in [6.07, 6.45) is 25.4. The highest BCUT2D eigenvalue weighted by molar-refractivity contribution is 5.94. The first-order valence-corrected chi connectivity index (χ1v) is 15.2. The van der Waals surface area contributed by atoms with Gasteiger partial charge in [-0.25, -0.2) is 4.79 Å². The highest BCUT2D eigenvalue weighted by Crippen LogP contribution is 2.23. The molecule has 0 aliphatic rings. The van der Waals surface area contributed by atoms with Gasteiger partial charge in [0.05, 0.1) is 11.0 Å². The maximum Gasteiger partial charge on any atom is 0.323 e. The summed E-state index contributed by atoms with van der Waals surface area (Å²) < 4.78 is 0. The van der Waals surface area contributed by atoms with Gasteiger partial charge in [0.25, 0.3) is 0 Å². The lowest BCUT2D eigenvalue weighted by Gasteiger charge is -2.17. The van der Waals surface area contributed by atoms with E-state index in [0.29, 0.717) is 0 Å². The molecule has 1 amide bonds. The Kier molecular flexibility index (Phi) is 16.0. The summed E-state index contributed by atoms with van der Waals surface area (Å²) in [5.74, 6) is 0.200. The lowest BCUT2D eigenvalue weighted by Crippen LogP contribution is -2.23. The van der Waals surface area contributed by atoms with E-state index in [9.17, 15) is 9.59 Å². The second kappa shape index (κ2) is 19.1. The third-order valence-electron chi connectivity index (χ3n) is 7.47. The van der Waals surface area contributed by atoms with Crippen LogP contribution in [0.25, 0.3) is 11.0 Å². The Morgan fingerprint density at radius 3 is 1.61 bits per heavy atom. The van der Waals surface area contributed by atoms with Gasteiger partial charge in [0.2, 0.25) is 5.91 Å². The van der Waals surface area contributed by atoms with Crippen molar-refractivity contribution in [3.8, 4) is 0 Å². The van der Waals surface area contributed by atoms with Gasteiger partial charge < -0.3 is 15.3 Å². The molecule has 204 valence electrons. The number of rotatable bonds is 22. The Labute approximate surface area is 219 Å². The number of hydrogen-bond donors (Lipinski definition) is 3. The number of aromatic amines is 2. The minimum absolute atomic E-state index is 0.0695. The van der Waals surface area contributed by atoms with E-state index in [1.807, 2.05) is 18.2 Å². The Morgan fingerprint density at radius 2 is 1.11 bits per heavy atom. The largest absolute Gasteiger partial charge is 0.326 e. The Morgan fingerprint density at radius 1 is 0.667 bits per heavy atom. The summed E-state index contributed by atoms with van der Waals surface area (Å²) in [5, 5.41) is 3.13. The molecule has 5 heteroatoms. The molecule has 0 radical (unpaired) electrons. The van der Waals surface area contributed by atoms with Gasteiger partial charge in [-0.3, -0.25) is 4.79 Å². The molecule has 1 heterocycles. The van der Waals surface area contributed by atoms with E-state index in [1.165, 1.54) is 103 Å². The first-order valence-electron chi connectivity index (χ1n) is 15.2. The fourth-order valence-corrected chi connectivity index (χ4v) is 5.16. The number of H-pyrrole nitrogens is 2. The average Bonchev–Trinajstić information content (AvgIpc) is 3.24. The third kappa shape index (κ3) is 12.8. The van der Waals surface area contributed by atoms with E-state index in [-0.39, 0.29) is 17.5 Å². The van der Waals surface area contributed by atoms with E-state index >= 15 is 0 Å². The van der Waals surface area contributed by atoms with Crippen molar-refractivity contribution in [1.29, 1.82) is 0 Å². The van der Waals surface area contributed by atoms with Gasteiger partial charge in [-0.15, -0.1) is 0 Å². The monoisotopic (exact) mass is 499 g/mol. The van der Waals surface area contributed by atoms with Crippen LogP contribution in [0.15, 0.2) is 23.0 Å². The van der Waals surface area contributed by atoms with Gasteiger partial charge in [0, 0.05) is 11.6 Å². The van der Waals surface area contributed by atoms with Crippen LogP contribution in [0.5, 0.6) is 0 Å². The van der Waals surface area contributed by atoms with Crippen molar-refractivity contribution in [2.45, 2.75) is 142 Å². The molecule has 0 saturated carbocycles. The summed E-state index contributed by atoms with van der Waals surface area (Å²) in [6, 6.07) is 5.57. The summed E-state index contributed by atoms with van der Waals surface area (Å²) in [5.41, 5.74) is 2.03. The number of carbonyl (C=O) groups is 1. The van der Waals surface area contributed by atoms with Gasteiger partial charge in [-0.1, -0.05) is 129 Å². The molecule has 1 atom stereocenters. The lowest BCUT2D eigenvalue weighted by atomic mass is 9.93. The number of fused-ring (bicyclic) bond motifs is 1. The van der Waals surface area contributed by atoms with E-state index in [0.717, 1.165) is 42.4 Å². The molecule has 0 aliphatic carbocycles. The zero-order valence-corrected chi connectivity index (χ0v) is 23.3. The predicted molar refractivity (Wildman–Crippen MR) is 155 cm³/mol. The van der Waals surface area contributed by atoms with Gasteiger partial charge in [0.15, 0.2) is 0 Å². The van der Waals surface area contributed by atoms with Crippen molar-refractivity contribution in [2.75, 3.05) is 5.32 Å². The number of imidazole rings is 1. The van der Waals surface area contributed by atoms with Crippen molar-refractivity contribution in [3.63, 3.8) is 0 Å². The number of benzene rings is 1. The molecule has 5 nitrogen and oxygen atoms in total. The van der Waals surface area contributed by atoms with Crippen molar-refractivity contribution >= 4 is 22.6 Å². The second-order valence-electron chi connectivity index (χ2n) is 10.8. The van der Waals surface area contributed by atoms with E-state index in [2.05, 4.69) is 29.1 Å². The summed E-state index contributed by atoms with van der Waals surface area (Å²) in [7, 11) is 0. The number of carbonyl (C=O) groups excluding carboxylic acids is 1. The molecule has 2 aromatic rings. The SMILES string of the molecule is CCCCCCCCCCCCC(CCCCCCCCCC)C(=O)Nc1ccc2[nH]c(=O)[nH]c2c1. The van der Waals surface area contributed by atoms with Crippen LogP contribution in [0.3, 0.4) is 0 Å². The number of anilines is 1. The van der Waals surface area contributed by atoms with Crippen molar-refractivity contribution in [1.82, 2.24) is 9.97 Å². The molecular weight excluding hydrogens is 446 g/mol. The van der Waals surface area contributed by atoms with Crippen LogP contribution in [0.2, 0.25) is 0 Å². The molecule has 0 spiro atoms. The molecule has 3 N–H and O–H groups in total. The Hall–Kier alpha value is -2.04. The fourth-order valence-electron chi connectivity index (χ4n) is 5.16. The zero-order chi connectivity index (χ0) is 25.8. The van der Waals surface area contributed by atoms with E-state index in [1.54, 1.807) is 0 Å². The maximum absolute atomic E-state index is 13.2. The van der Waals surface area contributed by atoms with Crippen LogP contribution in [0.4, 0.5) is 5.69 Å². The first-order chi connectivity index (χ1) is 17.6. The molecule has 2 rings (SSSR count). The number of aromatic nitrogens is 2. The summed E-state index contributed by atoms with van der Waals surface area (Å²) in [6.45, 7) is 4.53. The zero-order valence-electron chi connectivity index (χ0n) is 23.3. The van der Waals surface area contributed by atoms with Crippen LogP contribution in [-0.4, -0.2) is 15.9 Å². The quantitative estimate of drug-likeness (QED) is 0.141. The fraction of sp³-hybridized carbons (Fsp3) is 0.742.